The summed E-state index contributed by atoms with van der Waals surface area (Å²) in [4.78, 5) is 2.56. The van der Waals surface area contributed by atoms with Crippen LogP contribution in [0.2, 0.25) is 0 Å². The lowest BCUT2D eigenvalue weighted by molar-refractivity contribution is 0.275. The highest BCUT2D eigenvalue weighted by Crippen LogP contribution is 2.04. The molecule has 0 aromatic carbocycles. The van der Waals surface area contributed by atoms with E-state index in [2.05, 4.69) is 37.9 Å². The van der Waals surface area contributed by atoms with Gasteiger partial charge in [-0.05, 0) is 58.3 Å². The maximum atomic E-state index is 3.62. The third-order valence-corrected chi connectivity index (χ3v) is 3.19. The predicted octanol–water partition coefficient (Wildman–Crippen LogP) is 3.28. The first-order valence-electron chi connectivity index (χ1n) is 7.24. The fourth-order valence-electron chi connectivity index (χ4n) is 2.10. The minimum Gasteiger partial charge on any atom is -0.314 e. The molecule has 0 spiro atoms. The van der Waals surface area contributed by atoms with E-state index in [9.17, 15) is 0 Å². The third-order valence-electron chi connectivity index (χ3n) is 3.19. The molecule has 1 atom stereocenters. The fourth-order valence-corrected chi connectivity index (χ4v) is 2.10. The van der Waals surface area contributed by atoms with Gasteiger partial charge in [-0.1, -0.05) is 27.7 Å². The smallest absolute Gasteiger partial charge is 0.00649 e. The lowest BCUT2D eigenvalue weighted by Gasteiger charge is -2.21. The van der Waals surface area contributed by atoms with E-state index in [1.54, 1.807) is 0 Å². The molecule has 0 bridgehead atoms. The molecule has 0 saturated carbocycles. The van der Waals surface area contributed by atoms with Gasteiger partial charge in [-0.3, -0.25) is 0 Å². The number of nitrogens with one attached hydrogen (secondary N) is 1. The van der Waals surface area contributed by atoms with Crippen molar-refractivity contribution in [3.8, 4) is 0 Å². The fraction of sp³-hybridized carbons (Fsp3) is 1.00. The predicted molar refractivity (Wildman–Crippen MR) is 74.0 cm³/mol. The molecule has 0 radical (unpaired) electrons. The first-order chi connectivity index (χ1) is 7.78. The lowest BCUT2D eigenvalue weighted by Crippen LogP contribution is -2.31. The molecule has 0 saturated heterocycles. The van der Waals surface area contributed by atoms with Crippen molar-refractivity contribution >= 4 is 0 Å². The summed E-state index contributed by atoms with van der Waals surface area (Å²) in [5, 5.41) is 3.62. The molecular formula is C14H32N2. The topological polar surface area (TPSA) is 15.3 Å². The van der Waals surface area contributed by atoms with Crippen LogP contribution in [0.3, 0.4) is 0 Å². The van der Waals surface area contributed by atoms with Gasteiger partial charge in [0.15, 0.2) is 0 Å². The van der Waals surface area contributed by atoms with Crippen LogP contribution in [0.25, 0.3) is 0 Å². The molecule has 0 aliphatic carbocycles. The Labute approximate surface area is 103 Å². The molecule has 0 fully saturated rings. The molecule has 98 valence electrons. The van der Waals surface area contributed by atoms with Gasteiger partial charge >= 0.3 is 0 Å². The summed E-state index contributed by atoms with van der Waals surface area (Å²) in [6.07, 6.45) is 6.45. The van der Waals surface area contributed by atoms with Crippen LogP contribution >= 0.6 is 0 Å². The highest BCUT2D eigenvalue weighted by molar-refractivity contribution is 4.66. The largest absolute Gasteiger partial charge is 0.314 e. The number of nitrogens with zero attached hydrogens (tertiary/aromatic N) is 1. The highest BCUT2D eigenvalue weighted by Gasteiger charge is 2.06. The Kier molecular flexibility index (Phi) is 11.3. The Balaban J connectivity index is 3.58. The minimum absolute atomic E-state index is 0.736. The Morgan fingerprint density at radius 2 is 1.75 bits per heavy atom. The summed E-state index contributed by atoms with van der Waals surface area (Å²) in [5.41, 5.74) is 0. The molecule has 0 aromatic heterocycles. The zero-order chi connectivity index (χ0) is 12.2. The molecule has 0 aliphatic heterocycles. The molecule has 0 aromatic rings. The van der Waals surface area contributed by atoms with Gasteiger partial charge in [-0.15, -0.1) is 0 Å². The summed E-state index contributed by atoms with van der Waals surface area (Å²) in [5.74, 6) is 0. The van der Waals surface area contributed by atoms with Gasteiger partial charge in [0.05, 0.1) is 0 Å². The average molecular weight is 228 g/mol. The van der Waals surface area contributed by atoms with Gasteiger partial charge < -0.3 is 10.2 Å². The van der Waals surface area contributed by atoms with Crippen molar-refractivity contribution in [3.63, 3.8) is 0 Å². The van der Waals surface area contributed by atoms with E-state index < -0.39 is 0 Å². The number of hydrogen-bond acceptors (Lipinski definition) is 2. The standard InChI is InChI=1S/C14H32N2/c1-5-11-15-14(7-3)10-9-13-16(8-4)12-6-2/h14-15H,5-13H2,1-4H3. The molecule has 2 nitrogen and oxygen atoms in total. The summed E-state index contributed by atoms with van der Waals surface area (Å²) < 4.78 is 0. The molecular weight excluding hydrogens is 196 g/mol. The van der Waals surface area contributed by atoms with Crippen molar-refractivity contribution in [2.75, 3.05) is 26.2 Å². The molecule has 0 heterocycles. The average Bonchev–Trinajstić information content (AvgIpc) is 2.32. The summed E-state index contributed by atoms with van der Waals surface area (Å²) in [6, 6.07) is 0.736. The van der Waals surface area contributed by atoms with E-state index in [-0.39, 0.29) is 0 Å². The van der Waals surface area contributed by atoms with Crippen LogP contribution in [0, 0.1) is 0 Å². The zero-order valence-electron chi connectivity index (χ0n) is 11.9. The summed E-state index contributed by atoms with van der Waals surface area (Å²) in [6.45, 7) is 14.0. The maximum absolute atomic E-state index is 3.62. The van der Waals surface area contributed by atoms with E-state index in [1.165, 1.54) is 58.3 Å². The van der Waals surface area contributed by atoms with Crippen molar-refractivity contribution in [1.29, 1.82) is 0 Å². The van der Waals surface area contributed by atoms with Crippen molar-refractivity contribution < 1.29 is 0 Å². The van der Waals surface area contributed by atoms with Crippen LogP contribution < -0.4 is 5.32 Å². The minimum atomic E-state index is 0.736. The maximum Gasteiger partial charge on any atom is 0.00649 e. The molecule has 1 unspecified atom stereocenters. The third kappa shape index (κ3) is 8.12. The molecule has 0 rings (SSSR count). The van der Waals surface area contributed by atoms with E-state index in [1.807, 2.05) is 0 Å². The molecule has 2 heteroatoms. The highest BCUT2D eigenvalue weighted by atomic mass is 15.1. The van der Waals surface area contributed by atoms with Gasteiger partial charge in [0.2, 0.25) is 0 Å². The Morgan fingerprint density at radius 3 is 2.25 bits per heavy atom. The first-order valence-corrected chi connectivity index (χ1v) is 7.24. The van der Waals surface area contributed by atoms with Crippen LogP contribution in [-0.2, 0) is 0 Å². The van der Waals surface area contributed by atoms with Gasteiger partial charge in [-0.25, -0.2) is 0 Å². The van der Waals surface area contributed by atoms with Crippen molar-refractivity contribution in [2.45, 2.75) is 65.8 Å². The molecule has 0 aliphatic rings. The van der Waals surface area contributed by atoms with Crippen LogP contribution in [0.15, 0.2) is 0 Å². The second-order valence-corrected chi connectivity index (χ2v) is 4.64. The summed E-state index contributed by atoms with van der Waals surface area (Å²) in [7, 11) is 0. The van der Waals surface area contributed by atoms with Gasteiger partial charge in [-0.2, -0.15) is 0 Å². The van der Waals surface area contributed by atoms with Crippen molar-refractivity contribution in [3.05, 3.63) is 0 Å². The monoisotopic (exact) mass is 228 g/mol. The van der Waals surface area contributed by atoms with E-state index >= 15 is 0 Å². The molecule has 16 heavy (non-hydrogen) atoms. The molecule has 0 amide bonds. The SMILES string of the molecule is CCCNC(CC)CCCN(CC)CCC. The van der Waals surface area contributed by atoms with Crippen LogP contribution in [-0.4, -0.2) is 37.1 Å². The zero-order valence-corrected chi connectivity index (χ0v) is 11.9. The summed E-state index contributed by atoms with van der Waals surface area (Å²) >= 11 is 0. The Morgan fingerprint density at radius 1 is 1.00 bits per heavy atom. The second kappa shape index (κ2) is 11.4. The second-order valence-electron chi connectivity index (χ2n) is 4.64. The van der Waals surface area contributed by atoms with E-state index in [0.717, 1.165) is 6.04 Å². The van der Waals surface area contributed by atoms with E-state index in [4.69, 9.17) is 0 Å². The normalized spacial score (nSPS) is 13.3. The van der Waals surface area contributed by atoms with E-state index in [0.29, 0.717) is 0 Å². The lowest BCUT2D eigenvalue weighted by atomic mass is 10.1. The van der Waals surface area contributed by atoms with Gasteiger partial charge in [0.1, 0.15) is 0 Å². The Bertz CT molecular complexity index is 137. The van der Waals surface area contributed by atoms with Crippen molar-refractivity contribution in [2.24, 2.45) is 0 Å². The van der Waals surface area contributed by atoms with Gasteiger partial charge in [0.25, 0.3) is 0 Å². The van der Waals surface area contributed by atoms with Gasteiger partial charge in [0, 0.05) is 6.04 Å². The van der Waals surface area contributed by atoms with Crippen molar-refractivity contribution in [1.82, 2.24) is 10.2 Å². The number of rotatable bonds is 11. The quantitative estimate of drug-likeness (QED) is 0.584. The van der Waals surface area contributed by atoms with Crippen LogP contribution in [0.4, 0.5) is 0 Å². The molecule has 1 N–H and O–H groups in total. The van der Waals surface area contributed by atoms with Crippen LogP contribution in [0.5, 0.6) is 0 Å². The first kappa shape index (κ1) is 15.9. The van der Waals surface area contributed by atoms with Crippen LogP contribution in [0.1, 0.15) is 59.8 Å². The Hall–Kier alpha value is -0.0800. The number of hydrogen-bond donors (Lipinski definition) is 1.